The first kappa shape index (κ1) is 17.3. The lowest BCUT2D eigenvalue weighted by Crippen LogP contribution is -2.23. The lowest BCUT2D eigenvalue weighted by molar-refractivity contribution is -0.155. The fourth-order valence-corrected chi connectivity index (χ4v) is 1.84. The highest BCUT2D eigenvalue weighted by Crippen LogP contribution is 2.23. The number of hydrogen-bond acceptors (Lipinski definition) is 4. The van der Waals surface area contributed by atoms with Gasteiger partial charge in [0.25, 0.3) is 0 Å². The number of hydrogen-bond donors (Lipinski definition) is 0. The van der Waals surface area contributed by atoms with Crippen molar-refractivity contribution < 1.29 is 19.0 Å². The lowest BCUT2D eigenvalue weighted by Gasteiger charge is -2.19. The fourth-order valence-electron chi connectivity index (χ4n) is 1.84. The van der Waals surface area contributed by atoms with Crippen LogP contribution < -0.4 is 9.47 Å². The lowest BCUT2D eigenvalue weighted by atomic mass is 10.1. The summed E-state index contributed by atoms with van der Waals surface area (Å²) in [5.41, 5.74) is 0.734. The van der Waals surface area contributed by atoms with E-state index in [1.165, 1.54) is 0 Å². The molecule has 1 rings (SSSR count). The van der Waals surface area contributed by atoms with Crippen molar-refractivity contribution in [1.82, 2.24) is 0 Å². The normalized spacial score (nSPS) is 11.1. The molecule has 0 aliphatic rings. The van der Waals surface area contributed by atoms with E-state index in [2.05, 4.69) is 6.92 Å². The Labute approximate surface area is 127 Å². The number of rotatable bonds is 7. The zero-order chi connectivity index (χ0) is 15.9. The molecule has 0 atom stereocenters. The highest BCUT2D eigenvalue weighted by molar-refractivity contribution is 5.69. The van der Waals surface area contributed by atoms with Crippen molar-refractivity contribution in [3.05, 3.63) is 23.8 Å². The molecule has 0 aliphatic heterocycles. The van der Waals surface area contributed by atoms with Gasteiger partial charge in [-0.3, -0.25) is 4.79 Å². The maximum Gasteiger partial charge on any atom is 0.306 e. The highest BCUT2D eigenvalue weighted by atomic mass is 16.6. The molecular weight excluding hydrogens is 268 g/mol. The van der Waals surface area contributed by atoms with Crippen LogP contribution in [-0.4, -0.2) is 25.3 Å². The Morgan fingerprint density at radius 3 is 2.38 bits per heavy atom. The summed E-state index contributed by atoms with van der Waals surface area (Å²) in [6.45, 7) is 8.16. The number of methoxy groups -OCH3 is 1. The molecule has 4 heteroatoms. The maximum atomic E-state index is 11.6. The Bertz CT molecular complexity index is 438. The van der Waals surface area contributed by atoms with Crippen LogP contribution in [0.25, 0.3) is 0 Å². The van der Waals surface area contributed by atoms with Crippen molar-refractivity contribution in [2.75, 3.05) is 13.7 Å². The molecule has 0 amide bonds. The summed E-state index contributed by atoms with van der Waals surface area (Å²) in [6, 6.07) is 5.84. The third-order valence-electron chi connectivity index (χ3n) is 2.80. The van der Waals surface area contributed by atoms with Crippen molar-refractivity contribution in [3.8, 4) is 11.5 Å². The van der Waals surface area contributed by atoms with Crippen molar-refractivity contribution >= 4 is 5.97 Å². The molecule has 1 aromatic rings. The molecule has 4 nitrogen and oxygen atoms in total. The fraction of sp³-hybridized carbons (Fsp3) is 0.588. The molecule has 0 bridgehead atoms. The van der Waals surface area contributed by atoms with Crippen LogP contribution >= 0.6 is 0 Å². The molecule has 0 saturated heterocycles. The average Bonchev–Trinajstić information content (AvgIpc) is 2.41. The summed E-state index contributed by atoms with van der Waals surface area (Å²) in [5.74, 6) is 1.37. The van der Waals surface area contributed by atoms with Gasteiger partial charge in [-0.1, -0.05) is 6.92 Å². The van der Waals surface area contributed by atoms with Gasteiger partial charge in [-0.05, 0) is 51.3 Å². The van der Waals surface area contributed by atoms with Gasteiger partial charge in [0.15, 0.2) is 0 Å². The van der Waals surface area contributed by atoms with Gasteiger partial charge in [-0.25, -0.2) is 0 Å². The molecular formula is C17H26O4. The van der Waals surface area contributed by atoms with E-state index in [0.717, 1.165) is 23.5 Å². The van der Waals surface area contributed by atoms with Crippen LogP contribution in [-0.2, 0) is 16.0 Å². The highest BCUT2D eigenvalue weighted by Gasteiger charge is 2.15. The predicted octanol–water partition coefficient (Wildman–Crippen LogP) is 3.76. The molecule has 0 spiro atoms. The van der Waals surface area contributed by atoms with Gasteiger partial charge in [0.2, 0.25) is 0 Å². The van der Waals surface area contributed by atoms with Crippen molar-refractivity contribution in [3.63, 3.8) is 0 Å². The second kappa shape index (κ2) is 7.91. The van der Waals surface area contributed by atoms with Crippen LogP contribution in [0.2, 0.25) is 0 Å². The first-order valence-electron chi connectivity index (χ1n) is 7.36. The predicted molar refractivity (Wildman–Crippen MR) is 82.9 cm³/mol. The van der Waals surface area contributed by atoms with E-state index in [4.69, 9.17) is 14.2 Å². The first-order valence-corrected chi connectivity index (χ1v) is 7.36. The quantitative estimate of drug-likeness (QED) is 0.567. The Morgan fingerprint density at radius 2 is 1.81 bits per heavy atom. The minimum Gasteiger partial charge on any atom is -0.497 e. The third kappa shape index (κ3) is 7.02. The third-order valence-corrected chi connectivity index (χ3v) is 2.80. The van der Waals surface area contributed by atoms with Gasteiger partial charge in [0.05, 0.1) is 13.7 Å². The number of aryl methyl sites for hydroxylation is 1. The number of carbonyl (C=O) groups is 1. The second-order valence-electron chi connectivity index (χ2n) is 5.91. The van der Waals surface area contributed by atoms with E-state index in [9.17, 15) is 4.79 Å². The largest absolute Gasteiger partial charge is 0.497 e. The molecule has 1 aromatic carbocycles. The number of ether oxygens (including phenoxy) is 3. The summed E-state index contributed by atoms with van der Waals surface area (Å²) in [6.07, 6.45) is 1.92. The Balaban J connectivity index is 2.40. The van der Waals surface area contributed by atoms with Crippen molar-refractivity contribution in [1.29, 1.82) is 0 Å². The van der Waals surface area contributed by atoms with E-state index in [1.807, 2.05) is 39.0 Å². The van der Waals surface area contributed by atoms with Gasteiger partial charge >= 0.3 is 5.97 Å². The van der Waals surface area contributed by atoms with Crippen molar-refractivity contribution in [2.24, 2.45) is 0 Å². The first-order chi connectivity index (χ1) is 9.84. The molecule has 0 saturated carbocycles. The Kier molecular flexibility index (Phi) is 6.53. The van der Waals surface area contributed by atoms with E-state index in [0.29, 0.717) is 19.4 Å². The molecule has 0 heterocycles. The van der Waals surface area contributed by atoms with E-state index < -0.39 is 5.60 Å². The van der Waals surface area contributed by atoms with Gasteiger partial charge in [0.1, 0.15) is 17.1 Å². The van der Waals surface area contributed by atoms with Crippen LogP contribution in [0.5, 0.6) is 11.5 Å². The Morgan fingerprint density at radius 1 is 1.14 bits per heavy atom. The van der Waals surface area contributed by atoms with E-state index in [-0.39, 0.29) is 5.97 Å². The van der Waals surface area contributed by atoms with Gasteiger partial charge in [-0.15, -0.1) is 0 Å². The summed E-state index contributed by atoms with van der Waals surface area (Å²) < 4.78 is 16.2. The standard InChI is InChI=1S/C17H26O4/c1-6-13-10-14(19-5)12-15(11-13)20-9-7-8-16(18)21-17(2,3)4/h10-12H,6-9H2,1-5H3. The van der Waals surface area contributed by atoms with E-state index in [1.54, 1.807) is 7.11 Å². The zero-order valence-electron chi connectivity index (χ0n) is 13.7. The summed E-state index contributed by atoms with van der Waals surface area (Å²) in [7, 11) is 1.64. The SMILES string of the molecule is CCc1cc(OC)cc(OCCCC(=O)OC(C)(C)C)c1. The van der Waals surface area contributed by atoms with Crippen LogP contribution in [0.1, 0.15) is 46.1 Å². The maximum absolute atomic E-state index is 11.6. The summed E-state index contributed by atoms with van der Waals surface area (Å²) in [5, 5.41) is 0. The van der Waals surface area contributed by atoms with Crippen LogP contribution in [0.3, 0.4) is 0 Å². The molecule has 0 unspecified atom stereocenters. The van der Waals surface area contributed by atoms with Crippen molar-refractivity contribution in [2.45, 2.75) is 52.6 Å². The monoisotopic (exact) mass is 294 g/mol. The minimum atomic E-state index is -0.430. The Hall–Kier alpha value is -1.71. The van der Waals surface area contributed by atoms with Gasteiger partial charge in [-0.2, -0.15) is 0 Å². The smallest absolute Gasteiger partial charge is 0.306 e. The number of benzene rings is 1. The van der Waals surface area contributed by atoms with Crippen LogP contribution in [0.15, 0.2) is 18.2 Å². The molecule has 0 fully saturated rings. The molecule has 0 aliphatic carbocycles. The van der Waals surface area contributed by atoms with E-state index >= 15 is 0 Å². The second-order valence-corrected chi connectivity index (χ2v) is 5.91. The molecule has 0 N–H and O–H groups in total. The topological polar surface area (TPSA) is 44.8 Å². The minimum absolute atomic E-state index is 0.189. The van der Waals surface area contributed by atoms with Crippen LogP contribution in [0, 0.1) is 0 Å². The molecule has 21 heavy (non-hydrogen) atoms. The zero-order valence-corrected chi connectivity index (χ0v) is 13.7. The summed E-state index contributed by atoms with van der Waals surface area (Å²) in [4.78, 5) is 11.6. The van der Waals surface area contributed by atoms with Gasteiger partial charge < -0.3 is 14.2 Å². The number of esters is 1. The molecule has 0 radical (unpaired) electrons. The molecule has 118 valence electrons. The number of carbonyl (C=O) groups excluding carboxylic acids is 1. The average molecular weight is 294 g/mol. The van der Waals surface area contributed by atoms with Crippen LogP contribution in [0.4, 0.5) is 0 Å². The molecule has 0 aromatic heterocycles. The van der Waals surface area contributed by atoms with Gasteiger partial charge in [0, 0.05) is 12.5 Å². The summed E-state index contributed by atoms with van der Waals surface area (Å²) >= 11 is 0.